The molecule has 0 radical (unpaired) electrons. The molecular weight excluding hydrogens is 993 g/mol. The molecule has 2 aromatic rings. The molecule has 11 atom stereocenters. The summed E-state index contributed by atoms with van der Waals surface area (Å²) < 4.78 is 80.6. The van der Waals surface area contributed by atoms with E-state index >= 15 is 0 Å². The van der Waals surface area contributed by atoms with Crippen LogP contribution in [0.4, 0.5) is 27.6 Å². The number of alkyl carbamates (subject to hydrolysis) is 2. The molecule has 0 spiro atoms. The molecular formula is C58H86B2F3N3O11. The van der Waals surface area contributed by atoms with Gasteiger partial charge in [0.1, 0.15) is 12.2 Å². The number of nitrogens with one attached hydrogen (secondary N) is 2. The first-order valence-corrected chi connectivity index (χ1v) is 28.1. The summed E-state index contributed by atoms with van der Waals surface area (Å²) >= 11 is 0. The molecule has 3 amide bonds. The van der Waals surface area contributed by atoms with Gasteiger partial charge in [0, 0.05) is 7.92 Å². The first kappa shape index (κ1) is 58.8. The lowest BCUT2D eigenvalue weighted by Crippen LogP contribution is -2.65. The van der Waals surface area contributed by atoms with E-state index in [-0.39, 0.29) is 59.6 Å². The fraction of sp³-hybridized carbons (Fsp3) is 0.724. The third kappa shape index (κ3) is 14.2. The summed E-state index contributed by atoms with van der Waals surface area (Å²) in [6.45, 7) is 22.9. The number of nitrogens with zero attached hydrogens (tertiary/aromatic N) is 1. The monoisotopic (exact) mass is 1080 g/mol. The van der Waals surface area contributed by atoms with Crippen molar-refractivity contribution in [3.8, 4) is 0 Å². The minimum Gasteiger partial charge on any atom is -0.449 e. The second-order valence-electron chi connectivity index (χ2n) is 25.0. The van der Waals surface area contributed by atoms with Crippen LogP contribution in [0.3, 0.4) is 0 Å². The predicted molar refractivity (Wildman–Crippen MR) is 288 cm³/mol. The number of hydrogen-bond acceptors (Lipinski definition) is 11. The van der Waals surface area contributed by atoms with Crippen molar-refractivity contribution in [1.82, 2.24) is 15.5 Å². The van der Waals surface area contributed by atoms with Gasteiger partial charge in [0.05, 0.1) is 47.9 Å². The first-order chi connectivity index (χ1) is 36.7. The molecule has 10 aliphatic rings. The molecule has 7 aliphatic carbocycles. The van der Waals surface area contributed by atoms with Gasteiger partial charge in [-0.15, -0.1) is 0 Å². The summed E-state index contributed by atoms with van der Waals surface area (Å²) in [7, 11) is -1.01. The van der Waals surface area contributed by atoms with Gasteiger partial charge in [0.2, 0.25) is 6.29 Å². The average molecular weight is 1080 g/mol. The Morgan fingerprint density at radius 1 is 0.727 bits per heavy atom. The van der Waals surface area contributed by atoms with Crippen LogP contribution in [0.1, 0.15) is 153 Å². The first-order valence-electron chi connectivity index (χ1n) is 28.8. The minimum absolute atomic E-state index is 0.0289. The molecule has 3 heterocycles. The zero-order valence-corrected chi connectivity index (χ0v) is 47.2. The molecule has 7 saturated carbocycles. The van der Waals surface area contributed by atoms with Crippen LogP contribution in [0.25, 0.3) is 0 Å². The molecule has 0 aromatic heterocycles. The second-order valence-corrected chi connectivity index (χ2v) is 25.0. The van der Waals surface area contributed by atoms with E-state index in [1.807, 2.05) is 69.3 Å². The quantitative estimate of drug-likeness (QED) is 0.118. The van der Waals surface area contributed by atoms with Crippen molar-refractivity contribution in [3.05, 3.63) is 71.8 Å². The van der Waals surface area contributed by atoms with E-state index < -0.39 is 44.3 Å². The van der Waals surface area contributed by atoms with Gasteiger partial charge in [-0.25, -0.2) is 14.4 Å². The summed E-state index contributed by atoms with van der Waals surface area (Å²) in [5.74, 6) is 2.12. The number of halogens is 3. The summed E-state index contributed by atoms with van der Waals surface area (Å²) in [5.41, 5.74) is 1.56. The van der Waals surface area contributed by atoms with Gasteiger partial charge >= 0.3 is 38.7 Å². The Kier molecular flexibility index (Phi) is 18.8. The highest BCUT2D eigenvalue weighted by Crippen LogP contribution is 2.67. The van der Waals surface area contributed by atoms with E-state index in [1.54, 1.807) is 11.8 Å². The van der Waals surface area contributed by atoms with Crippen LogP contribution >= 0.6 is 0 Å². The Hall–Kier alpha value is -4.32. The highest BCUT2D eigenvalue weighted by molar-refractivity contribution is 6.48. The number of carbonyl (C=O) groups excluding carboxylic acids is 4. The van der Waals surface area contributed by atoms with E-state index in [2.05, 4.69) is 64.3 Å². The zero-order chi connectivity index (χ0) is 56.8. The summed E-state index contributed by atoms with van der Waals surface area (Å²) in [6.07, 6.45) is 5.25. The Morgan fingerprint density at radius 2 is 1.16 bits per heavy atom. The van der Waals surface area contributed by atoms with Crippen LogP contribution in [0.15, 0.2) is 60.7 Å². The van der Waals surface area contributed by atoms with E-state index in [4.69, 9.17) is 39.0 Å². The molecule has 2 aromatic carbocycles. The lowest BCUT2D eigenvalue weighted by molar-refractivity contribution is -0.199. The van der Waals surface area contributed by atoms with Crippen molar-refractivity contribution >= 4 is 38.8 Å². The lowest BCUT2D eigenvalue weighted by Gasteiger charge is -2.64. The van der Waals surface area contributed by atoms with Gasteiger partial charge in [0.15, 0.2) is 0 Å². The van der Waals surface area contributed by atoms with Crippen LogP contribution < -0.4 is 10.6 Å². The predicted octanol–water partition coefficient (Wildman–Crippen LogP) is 11.5. The van der Waals surface area contributed by atoms with Crippen molar-refractivity contribution in [2.75, 3.05) is 19.8 Å². The Morgan fingerprint density at radius 3 is 1.56 bits per heavy atom. The highest BCUT2D eigenvalue weighted by atomic mass is 19.4. The van der Waals surface area contributed by atoms with Gasteiger partial charge in [-0.3, -0.25) is 4.79 Å². The Labute approximate surface area is 457 Å². The van der Waals surface area contributed by atoms with Crippen molar-refractivity contribution in [1.29, 1.82) is 0 Å². The lowest BCUT2D eigenvalue weighted by atomic mass is 9.43. The van der Waals surface area contributed by atoms with Crippen molar-refractivity contribution in [2.45, 2.75) is 206 Å². The molecule has 19 heteroatoms. The average Bonchev–Trinajstić information content (AvgIpc) is 4.38. The smallest absolute Gasteiger partial charge is 0.449 e. The number of aldehydes is 1. The third-order valence-corrected chi connectivity index (χ3v) is 18.3. The van der Waals surface area contributed by atoms with Gasteiger partial charge in [-0.1, -0.05) is 115 Å². The van der Waals surface area contributed by atoms with Gasteiger partial charge in [-0.2, -0.15) is 13.2 Å². The number of benzene rings is 2. The van der Waals surface area contributed by atoms with Gasteiger partial charge < -0.3 is 48.4 Å². The van der Waals surface area contributed by atoms with E-state index in [1.165, 1.54) is 25.7 Å². The fourth-order valence-corrected chi connectivity index (χ4v) is 13.8. The van der Waals surface area contributed by atoms with Crippen LogP contribution in [0, 0.1) is 40.4 Å². The molecule has 77 heavy (non-hydrogen) atoms. The van der Waals surface area contributed by atoms with Crippen molar-refractivity contribution in [3.63, 3.8) is 0 Å². The minimum atomic E-state index is -4.64. The van der Waals surface area contributed by atoms with Gasteiger partial charge in [0.25, 0.3) is 0 Å². The molecule has 3 aliphatic heterocycles. The highest BCUT2D eigenvalue weighted by Gasteiger charge is 2.70. The fourth-order valence-electron chi connectivity index (χ4n) is 13.8. The number of ether oxygens (including phenoxy) is 3. The largest absolute Gasteiger partial charge is 0.482 e. The summed E-state index contributed by atoms with van der Waals surface area (Å²) in [4.78, 5) is 48.7. The standard InChI is InChI=1S/C29H43BN2O6.C25H36BNO4.C2HF3O.C2H6/c1-27(2,3)36-26(34)32-14-10-13-21(32)18-35-25(33)31-24(15-19-11-8-7-9-12-19)30-37-23-17-20-16-22(28(20,4)5)29(23,6)38-30;1-24(2)19-14-20(24)25(3)21(15-19)30-26(31-25)22(13-17-9-5-4-6-10-17)27-23(28)29-16-18-11-7-8-12-18;3-2(4,5)1-6;1-2/h7-9,11-12,20-24H,10,13-18H2,1-6H3,(H,31,33);4-6,9-10,18-22H,7-8,11-16H2,1-3H3,(H,27,28);1H;1-2H3/t20-,21+,22-,23+,24-,29-;19-,20-,21+,22-,25-;;/m00../s1/i;;;1D. The number of amides is 3. The molecule has 14 nitrogen and oxygen atoms in total. The number of rotatable bonds is 12. The maximum Gasteiger partial charge on any atom is 0.482 e. The van der Waals surface area contributed by atoms with Crippen molar-refractivity contribution in [2.24, 2.45) is 40.4 Å². The Bertz CT molecular complexity index is 2310. The van der Waals surface area contributed by atoms with E-state index in [0.717, 1.165) is 49.7 Å². The molecule has 0 unspecified atom stereocenters. The maximum atomic E-state index is 13.1. The van der Waals surface area contributed by atoms with E-state index in [9.17, 15) is 27.6 Å². The van der Waals surface area contributed by atoms with Crippen LogP contribution in [-0.4, -0.2) is 117 Å². The number of hydrogen-bond donors (Lipinski definition) is 2. The number of likely N-dealkylation sites (tertiary alicyclic amines) is 1. The summed E-state index contributed by atoms with van der Waals surface area (Å²) in [5, 5.41) is 6.14. The van der Waals surface area contributed by atoms with Crippen LogP contribution in [-0.2, 0) is 50.5 Å². The second kappa shape index (κ2) is 24.6. The normalized spacial score (nSPS) is 31.0. The molecule has 426 valence electrons. The topological polar surface area (TPSA) is 160 Å². The Balaban J connectivity index is 0.000000199. The van der Waals surface area contributed by atoms with E-state index in [0.29, 0.717) is 67.9 Å². The number of alkyl halides is 3. The molecule has 2 N–H and O–H groups in total. The van der Waals surface area contributed by atoms with Crippen molar-refractivity contribution < 1.29 is 66.5 Å². The molecule has 4 bridgehead atoms. The summed E-state index contributed by atoms with van der Waals surface area (Å²) in [6, 6.07) is 20.1. The van der Waals surface area contributed by atoms with Crippen LogP contribution in [0.5, 0.6) is 0 Å². The molecule has 12 rings (SSSR count). The van der Waals surface area contributed by atoms with Crippen LogP contribution in [0.2, 0.25) is 0 Å². The number of carbonyl (C=O) groups is 4. The molecule has 10 fully saturated rings. The maximum absolute atomic E-state index is 13.1. The third-order valence-electron chi connectivity index (χ3n) is 18.3. The zero-order valence-electron chi connectivity index (χ0n) is 48.2. The van der Waals surface area contributed by atoms with Gasteiger partial charge in [-0.05, 0) is 150 Å². The molecule has 3 saturated heterocycles. The SMILES string of the molecule is CC(C)(C)OC(=O)N1CCC[C@@H]1COC(=O)N[C@@H](Cc1ccccc1)B1O[C@@H]2C[C@@H]3C[C@@H](C3(C)C)[C@]2(C)O1.CC1(C)[C@@H]2C[C@H]3OB([C@H](Cc4ccccc4)NC(=O)OCC4CCCC4)O[C@@]3(C)[C@H]1C2.O=CC(F)(F)F.[2H]CC.